The molecule has 1 amide bonds. The number of amides is 1. The molecule has 0 spiro atoms. The molecule has 1 aliphatic carbocycles. The maximum absolute atomic E-state index is 15.4. The van der Waals surface area contributed by atoms with Gasteiger partial charge in [-0.1, -0.05) is 17.7 Å². The second kappa shape index (κ2) is 10.3. The smallest absolute Gasteiger partial charge is 0.329 e. The molecule has 1 aliphatic rings. The highest BCUT2D eigenvalue weighted by atomic mass is 19.1. The van der Waals surface area contributed by atoms with E-state index in [1.54, 1.807) is 28.0 Å². The number of aromatic amines is 1. The van der Waals surface area contributed by atoms with Gasteiger partial charge >= 0.3 is 5.69 Å². The minimum Gasteiger partial charge on any atom is -0.482 e. The van der Waals surface area contributed by atoms with Crippen molar-refractivity contribution in [1.29, 1.82) is 0 Å². The number of imidazole rings is 1. The molecule has 1 fully saturated rings. The van der Waals surface area contributed by atoms with Gasteiger partial charge in [-0.05, 0) is 86.7 Å². The van der Waals surface area contributed by atoms with Crippen LogP contribution in [0, 0.1) is 26.6 Å². The van der Waals surface area contributed by atoms with Crippen molar-refractivity contribution < 1.29 is 13.9 Å². The summed E-state index contributed by atoms with van der Waals surface area (Å²) in [5.74, 6) is -0.0885. The van der Waals surface area contributed by atoms with Crippen LogP contribution in [0.25, 0.3) is 22.2 Å². The van der Waals surface area contributed by atoms with Crippen molar-refractivity contribution >= 4 is 22.6 Å². The van der Waals surface area contributed by atoms with Crippen LogP contribution in [0.1, 0.15) is 41.4 Å². The fourth-order valence-electron chi connectivity index (χ4n) is 5.26. The monoisotopic (exact) mass is 554 g/mol. The van der Waals surface area contributed by atoms with Gasteiger partial charge in [-0.25, -0.2) is 9.18 Å². The third kappa shape index (κ3) is 5.01. The highest BCUT2D eigenvalue weighted by Crippen LogP contribution is 2.41. The lowest BCUT2D eigenvalue weighted by atomic mass is 9.99. The predicted molar refractivity (Wildman–Crippen MR) is 155 cm³/mol. The van der Waals surface area contributed by atoms with Crippen LogP contribution in [0.4, 0.5) is 10.1 Å². The van der Waals surface area contributed by atoms with Gasteiger partial charge in [-0.15, -0.1) is 10.2 Å². The summed E-state index contributed by atoms with van der Waals surface area (Å²) in [6, 6.07) is 14.9. The Bertz CT molecular complexity index is 1790. The molecule has 3 aromatic carbocycles. The Morgan fingerprint density at radius 3 is 2.51 bits per heavy atom. The highest BCUT2D eigenvalue weighted by Gasteiger charge is 2.31. The summed E-state index contributed by atoms with van der Waals surface area (Å²) in [5, 5.41) is 7.60. The lowest BCUT2D eigenvalue weighted by Gasteiger charge is -2.18. The molecule has 1 N–H and O–H groups in total. The molecule has 2 heterocycles. The molecule has 0 radical (unpaired) electrons. The van der Waals surface area contributed by atoms with E-state index in [1.165, 1.54) is 12.4 Å². The number of aromatic nitrogens is 5. The number of nitrogens with zero attached hydrogens (tertiary/aromatic N) is 5. The van der Waals surface area contributed by atoms with E-state index in [1.807, 2.05) is 56.3 Å². The Morgan fingerprint density at radius 2 is 1.85 bits per heavy atom. The second-order valence-corrected chi connectivity index (χ2v) is 10.8. The van der Waals surface area contributed by atoms with Gasteiger partial charge in [-0.3, -0.25) is 13.9 Å². The molecule has 41 heavy (non-hydrogen) atoms. The number of rotatable bonds is 8. The normalized spacial score (nSPS) is 13.1. The zero-order valence-electron chi connectivity index (χ0n) is 23.4. The zero-order chi connectivity index (χ0) is 28.8. The maximum atomic E-state index is 15.4. The molecule has 2 aromatic heterocycles. The van der Waals surface area contributed by atoms with E-state index < -0.39 is 5.82 Å². The fraction of sp³-hybridized carbons (Fsp3) is 0.290. The molecule has 0 atom stereocenters. The lowest BCUT2D eigenvalue weighted by Crippen LogP contribution is -2.34. The summed E-state index contributed by atoms with van der Waals surface area (Å²) in [4.78, 5) is 31.6. The first-order valence-corrected chi connectivity index (χ1v) is 13.6. The molecule has 0 bridgehead atoms. The van der Waals surface area contributed by atoms with Gasteiger partial charge in [0.05, 0.1) is 11.0 Å². The van der Waals surface area contributed by atoms with Gasteiger partial charge in [0.15, 0.2) is 17.4 Å². The third-order valence-corrected chi connectivity index (χ3v) is 7.56. The van der Waals surface area contributed by atoms with E-state index in [-0.39, 0.29) is 36.5 Å². The van der Waals surface area contributed by atoms with E-state index in [2.05, 4.69) is 15.2 Å². The molecule has 6 rings (SSSR count). The van der Waals surface area contributed by atoms with Gasteiger partial charge in [0, 0.05) is 24.3 Å². The summed E-state index contributed by atoms with van der Waals surface area (Å²) < 4.78 is 24.5. The van der Waals surface area contributed by atoms with Crippen LogP contribution in [-0.4, -0.2) is 37.3 Å². The van der Waals surface area contributed by atoms with Gasteiger partial charge in [0.1, 0.15) is 19.5 Å². The number of likely N-dealkylation sites (N-methyl/N-ethyl adjacent to an activating group) is 1. The van der Waals surface area contributed by atoms with Crippen molar-refractivity contribution in [2.24, 2.45) is 0 Å². The number of aryl methyl sites for hydroxylation is 3. The average molecular weight is 555 g/mol. The van der Waals surface area contributed by atoms with Crippen LogP contribution in [0.3, 0.4) is 0 Å². The van der Waals surface area contributed by atoms with Gasteiger partial charge in [0.2, 0.25) is 5.91 Å². The first-order valence-electron chi connectivity index (χ1n) is 13.6. The fourth-order valence-corrected chi connectivity index (χ4v) is 5.26. The van der Waals surface area contributed by atoms with E-state index >= 15 is 4.39 Å². The molecular weight excluding hydrogens is 523 g/mol. The van der Waals surface area contributed by atoms with Crippen molar-refractivity contribution in [3.63, 3.8) is 0 Å². The summed E-state index contributed by atoms with van der Waals surface area (Å²) in [6.45, 7) is 5.66. The Labute approximate surface area is 236 Å². The molecule has 10 heteroatoms. The average Bonchev–Trinajstić information content (AvgIpc) is 3.57. The van der Waals surface area contributed by atoms with Crippen LogP contribution in [0.2, 0.25) is 0 Å². The standard InChI is InChI=1S/C31H31FN6O3/c1-18-5-7-22(8-6-18)36(4)28(39)15-37-26-12-19(2)11-24(29(26)38(31(37)40)23-9-10-23)21-13-20(3)30(25(32)14-21)41-16-27-33-17-34-35-27/h5-8,11-14,17,23H,9-10,15-16H2,1-4H3,(H,33,34,35). The van der Waals surface area contributed by atoms with Crippen molar-refractivity contribution in [2.75, 3.05) is 11.9 Å². The number of fused-ring (bicyclic) bond motifs is 1. The number of nitrogens with one attached hydrogen (secondary N) is 1. The van der Waals surface area contributed by atoms with Crippen molar-refractivity contribution in [2.45, 2.75) is 52.8 Å². The number of hydrogen-bond donors (Lipinski definition) is 1. The number of carbonyl (C=O) groups excluding carboxylic acids is 1. The van der Waals surface area contributed by atoms with E-state index in [9.17, 15) is 9.59 Å². The van der Waals surface area contributed by atoms with Crippen LogP contribution in [0.5, 0.6) is 5.75 Å². The molecule has 210 valence electrons. The quantitative estimate of drug-likeness (QED) is 0.283. The Morgan fingerprint density at radius 1 is 1.10 bits per heavy atom. The number of benzene rings is 3. The third-order valence-electron chi connectivity index (χ3n) is 7.56. The SMILES string of the molecule is Cc1ccc(N(C)C(=O)Cn2c(=O)n(C3CC3)c3c(-c4cc(C)c(OCc5nnc[nH]5)c(F)c4)cc(C)cc32)cc1. The minimum absolute atomic E-state index is 0.0492. The summed E-state index contributed by atoms with van der Waals surface area (Å²) >= 11 is 0. The topological polar surface area (TPSA) is 98.0 Å². The van der Waals surface area contributed by atoms with E-state index in [0.29, 0.717) is 28.0 Å². The summed E-state index contributed by atoms with van der Waals surface area (Å²) in [7, 11) is 1.71. The number of anilines is 1. The second-order valence-electron chi connectivity index (χ2n) is 10.8. The van der Waals surface area contributed by atoms with Crippen LogP contribution in [-0.2, 0) is 17.9 Å². The largest absolute Gasteiger partial charge is 0.482 e. The van der Waals surface area contributed by atoms with Gasteiger partial charge < -0.3 is 14.6 Å². The number of carbonyl (C=O) groups is 1. The van der Waals surface area contributed by atoms with Gasteiger partial charge in [-0.2, -0.15) is 0 Å². The first-order chi connectivity index (χ1) is 19.7. The summed E-state index contributed by atoms with van der Waals surface area (Å²) in [5.41, 5.74) is 5.89. The van der Waals surface area contributed by atoms with Crippen molar-refractivity contribution in [1.82, 2.24) is 24.3 Å². The maximum Gasteiger partial charge on any atom is 0.329 e. The van der Waals surface area contributed by atoms with Gasteiger partial charge in [0.25, 0.3) is 0 Å². The number of halogens is 1. The van der Waals surface area contributed by atoms with Crippen LogP contribution >= 0.6 is 0 Å². The molecule has 0 saturated heterocycles. The molecular formula is C31H31FN6O3. The number of ether oxygens (including phenoxy) is 1. The van der Waals surface area contributed by atoms with E-state index in [4.69, 9.17) is 4.74 Å². The zero-order valence-corrected chi connectivity index (χ0v) is 23.4. The molecule has 0 aliphatic heterocycles. The Hall–Kier alpha value is -4.73. The van der Waals surface area contributed by atoms with Crippen LogP contribution < -0.4 is 15.3 Å². The van der Waals surface area contributed by atoms with E-state index in [0.717, 1.165) is 35.2 Å². The molecule has 5 aromatic rings. The Kier molecular flexibility index (Phi) is 6.69. The predicted octanol–water partition coefficient (Wildman–Crippen LogP) is 5.23. The minimum atomic E-state index is -0.510. The highest BCUT2D eigenvalue weighted by molar-refractivity contribution is 5.97. The van der Waals surface area contributed by atoms with Crippen molar-refractivity contribution in [3.05, 3.63) is 93.7 Å². The molecule has 9 nitrogen and oxygen atoms in total. The van der Waals surface area contributed by atoms with Crippen molar-refractivity contribution in [3.8, 4) is 16.9 Å². The summed E-state index contributed by atoms with van der Waals surface area (Å²) in [6.07, 6.45) is 3.20. The molecule has 0 unspecified atom stereocenters. The lowest BCUT2D eigenvalue weighted by molar-refractivity contribution is -0.118. The Balaban J connectivity index is 1.41. The van der Waals surface area contributed by atoms with Crippen LogP contribution in [0.15, 0.2) is 59.7 Å². The number of hydrogen-bond acceptors (Lipinski definition) is 5. The first kappa shape index (κ1) is 26.5. The molecule has 1 saturated carbocycles. The number of H-pyrrole nitrogens is 1.